The van der Waals surface area contributed by atoms with Gasteiger partial charge in [0.15, 0.2) is 0 Å². The molecule has 1 aliphatic heterocycles. The lowest BCUT2D eigenvalue weighted by molar-refractivity contribution is -0.141. The normalized spacial score (nSPS) is 16.0. The number of ether oxygens (including phenoxy) is 2. The standard InChI is InChI=1S/C16H14O3/c1-10-6-5-9-13-14(10)15(16(17)18-2)11-7-3-4-8-12(11)19-13/h3-9,15H,1-2H3. The van der Waals surface area contributed by atoms with E-state index >= 15 is 0 Å². The molecule has 1 aliphatic rings. The molecule has 1 atom stereocenters. The SMILES string of the molecule is COC(=O)C1c2ccccc2Oc2cccc(C)c21. The van der Waals surface area contributed by atoms with Crippen LogP contribution in [0.15, 0.2) is 42.5 Å². The minimum Gasteiger partial charge on any atom is -0.468 e. The van der Waals surface area contributed by atoms with Crippen LogP contribution in [-0.2, 0) is 9.53 Å². The molecule has 2 aromatic rings. The lowest BCUT2D eigenvalue weighted by Crippen LogP contribution is -2.21. The van der Waals surface area contributed by atoms with Crippen molar-refractivity contribution >= 4 is 5.97 Å². The Labute approximate surface area is 111 Å². The van der Waals surface area contributed by atoms with Gasteiger partial charge < -0.3 is 9.47 Å². The van der Waals surface area contributed by atoms with Crippen molar-refractivity contribution in [2.75, 3.05) is 7.11 Å². The lowest BCUT2D eigenvalue weighted by Gasteiger charge is -2.27. The van der Waals surface area contributed by atoms with Crippen molar-refractivity contribution in [3.8, 4) is 11.5 Å². The zero-order chi connectivity index (χ0) is 13.4. The van der Waals surface area contributed by atoms with Gasteiger partial charge in [0, 0.05) is 11.1 Å². The van der Waals surface area contributed by atoms with Crippen LogP contribution in [0.4, 0.5) is 0 Å². The van der Waals surface area contributed by atoms with Crippen molar-refractivity contribution in [1.29, 1.82) is 0 Å². The summed E-state index contributed by atoms with van der Waals surface area (Å²) in [5.74, 6) is 0.780. The quantitative estimate of drug-likeness (QED) is 0.732. The summed E-state index contributed by atoms with van der Waals surface area (Å²) in [6, 6.07) is 13.4. The van der Waals surface area contributed by atoms with Gasteiger partial charge in [0.2, 0.25) is 0 Å². The summed E-state index contributed by atoms with van der Waals surface area (Å²) < 4.78 is 10.8. The molecular weight excluding hydrogens is 240 g/mol. The van der Waals surface area contributed by atoms with E-state index in [1.165, 1.54) is 7.11 Å². The van der Waals surface area contributed by atoms with E-state index in [2.05, 4.69) is 0 Å². The molecule has 96 valence electrons. The predicted molar refractivity (Wildman–Crippen MR) is 71.6 cm³/mol. The summed E-state index contributed by atoms with van der Waals surface area (Å²) in [5.41, 5.74) is 2.78. The Kier molecular flexibility index (Phi) is 2.75. The first-order valence-electron chi connectivity index (χ1n) is 6.16. The second-order valence-electron chi connectivity index (χ2n) is 4.58. The predicted octanol–water partition coefficient (Wildman–Crippen LogP) is 3.41. The number of aryl methyl sites for hydroxylation is 1. The zero-order valence-corrected chi connectivity index (χ0v) is 10.8. The van der Waals surface area contributed by atoms with E-state index in [0.29, 0.717) is 0 Å². The zero-order valence-electron chi connectivity index (χ0n) is 10.8. The average Bonchev–Trinajstić information content (AvgIpc) is 2.44. The number of para-hydroxylation sites is 1. The summed E-state index contributed by atoms with van der Waals surface area (Å²) in [6.07, 6.45) is 0. The molecule has 0 aliphatic carbocycles. The van der Waals surface area contributed by atoms with Crippen molar-refractivity contribution in [1.82, 2.24) is 0 Å². The van der Waals surface area contributed by atoms with Crippen LogP contribution in [0, 0.1) is 6.92 Å². The Morgan fingerprint density at radius 3 is 2.63 bits per heavy atom. The Bertz CT molecular complexity index is 646. The van der Waals surface area contributed by atoms with Gasteiger partial charge in [-0.05, 0) is 24.6 Å². The van der Waals surface area contributed by atoms with Gasteiger partial charge in [-0.2, -0.15) is 0 Å². The number of methoxy groups -OCH3 is 1. The molecule has 0 fully saturated rings. The molecule has 1 unspecified atom stereocenters. The fourth-order valence-electron chi connectivity index (χ4n) is 2.56. The number of esters is 1. The number of carbonyl (C=O) groups excluding carboxylic acids is 1. The molecule has 0 radical (unpaired) electrons. The molecule has 0 bridgehead atoms. The van der Waals surface area contributed by atoms with Gasteiger partial charge in [-0.1, -0.05) is 30.3 Å². The second-order valence-corrected chi connectivity index (χ2v) is 4.58. The summed E-state index contributed by atoms with van der Waals surface area (Å²) in [6.45, 7) is 1.98. The van der Waals surface area contributed by atoms with Gasteiger partial charge in [-0.25, -0.2) is 0 Å². The third-order valence-corrected chi connectivity index (χ3v) is 3.46. The van der Waals surface area contributed by atoms with Crippen molar-refractivity contribution in [2.24, 2.45) is 0 Å². The summed E-state index contributed by atoms with van der Waals surface area (Å²) in [5, 5.41) is 0. The fourth-order valence-corrected chi connectivity index (χ4v) is 2.56. The number of hydrogen-bond acceptors (Lipinski definition) is 3. The first kappa shape index (κ1) is 11.8. The number of benzene rings is 2. The van der Waals surface area contributed by atoms with Gasteiger partial charge in [-0.3, -0.25) is 4.79 Å². The van der Waals surface area contributed by atoms with E-state index in [1.807, 2.05) is 49.4 Å². The van der Waals surface area contributed by atoms with Crippen molar-refractivity contribution in [2.45, 2.75) is 12.8 Å². The number of fused-ring (bicyclic) bond motifs is 2. The fraction of sp³-hybridized carbons (Fsp3) is 0.188. The van der Waals surface area contributed by atoms with Gasteiger partial charge >= 0.3 is 5.97 Å². The Hall–Kier alpha value is -2.29. The highest BCUT2D eigenvalue weighted by Crippen LogP contribution is 2.45. The molecule has 0 aromatic heterocycles. The van der Waals surface area contributed by atoms with E-state index in [0.717, 1.165) is 28.2 Å². The maximum atomic E-state index is 12.2. The first-order valence-corrected chi connectivity index (χ1v) is 6.16. The molecule has 2 aromatic carbocycles. The molecular formula is C16H14O3. The molecule has 3 heteroatoms. The van der Waals surface area contributed by atoms with E-state index in [4.69, 9.17) is 9.47 Å². The molecule has 0 N–H and O–H groups in total. The average molecular weight is 254 g/mol. The lowest BCUT2D eigenvalue weighted by atomic mass is 9.85. The van der Waals surface area contributed by atoms with E-state index < -0.39 is 5.92 Å². The monoisotopic (exact) mass is 254 g/mol. The Morgan fingerprint density at radius 2 is 1.84 bits per heavy atom. The largest absolute Gasteiger partial charge is 0.468 e. The second kappa shape index (κ2) is 4.43. The van der Waals surface area contributed by atoms with Gasteiger partial charge in [-0.15, -0.1) is 0 Å². The van der Waals surface area contributed by atoms with Crippen LogP contribution in [0.3, 0.4) is 0 Å². The number of hydrogen-bond donors (Lipinski definition) is 0. The minimum absolute atomic E-state index is 0.258. The molecule has 0 spiro atoms. The van der Waals surface area contributed by atoms with Gasteiger partial charge in [0.05, 0.1) is 7.11 Å². The smallest absolute Gasteiger partial charge is 0.317 e. The van der Waals surface area contributed by atoms with Gasteiger partial charge in [0.25, 0.3) is 0 Å². The first-order chi connectivity index (χ1) is 9.22. The topological polar surface area (TPSA) is 35.5 Å². The highest BCUT2D eigenvalue weighted by molar-refractivity contribution is 5.85. The highest BCUT2D eigenvalue weighted by Gasteiger charge is 2.34. The molecule has 0 saturated carbocycles. The van der Waals surface area contributed by atoms with E-state index in [9.17, 15) is 4.79 Å². The molecule has 19 heavy (non-hydrogen) atoms. The van der Waals surface area contributed by atoms with Crippen LogP contribution < -0.4 is 4.74 Å². The highest BCUT2D eigenvalue weighted by atomic mass is 16.5. The van der Waals surface area contributed by atoms with Crippen molar-refractivity contribution in [3.63, 3.8) is 0 Å². The summed E-state index contributed by atoms with van der Waals surface area (Å²) >= 11 is 0. The molecule has 1 heterocycles. The van der Waals surface area contributed by atoms with Crippen LogP contribution in [0.5, 0.6) is 11.5 Å². The third kappa shape index (κ3) is 1.78. The number of rotatable bonds is 1. The molecule has 3 rings (SSSR count). The molecule has 0 amide bonds. The third-order valence-electron chi connectivity index (χ3n) is 3.46. The van der Waals surface area contributed by atoms with Crippen LogP contribution in [0.25, 0.3) is 0 Å². The maximum absolute atomic E-state index is 12.2. The van der Waals surface area contributed by atoms with Crippen molar-refractivity contribution < 1.29 is 14.3 Å². The summed E-state index contributed by atoms with van der Waals surface area (Å²) in [7, 11) is 1.42. The van der Waals surface area contributed by atoms with E-state index in [-0.39, 0.29) is 5.97 Å². The van der Waals surface area contributed by atoms with E-state index in [1.54, 1.807) is 0 Å². The van der Waals surface area contributed by atoms with Gasteiger partial charge in [0.1, 0.15) is 17.4 Å². The Morgan fingerprint density at radius 1 is 1.11 bits per heavy atom. The van der Waals surface area contributed by atoms with Crippen LogP contribution in [-0.4, -0.2) is 13.1 Å². The minimum atomic E-state index is -0.411. The summed E-state index contributed by atoms with van der Waals surface area (Å²) in [4.78, 5) is 12.2. The van der Waals surface area contributed by atoms with Crippen LogP contribution in [0.2, 0.25) is 0 Å². The Balaban J connectivity index is 2.25. The number of carbonyl (C=O) groups is 1. The molecule has 3 nitrogen and oxygen atoms in total. The van der Waals surface area contributed by atoms with Crippen molar-refractivity contribution in [3.05, 3.63) is 59.2 Å². The maximum Gasteiger partial charge on any atom is 0.317 e. The van der Waals surface area contributed by atoms with Crippen LogP contribution >= 0.6 is 0 Å². The molecule has 0 saturated heterocycles. The van der Waals surface area contributed by atoms with Crippen LogP contribution in [0.1, 0.15) is 22.6 Å².